The van der Waals surface area contributed by atoms with E-state index in [-0.39, 0.29) is 0 Å². The van der Waals surface area contributed by atoms with Crippen LogP contribution in [-0.2, 0) is 0 Å². The first kappa shape index (κ1) is 14.2. The number of rotatable bonds is 2. The van der Waals surface area contributed by atoms with Crippen molar-refractivity contribution in [1.29, 1.82) is 0 Å². The molecule has 4 rings (SSSR count). The molecule has 5 heteroatoms. The maximum Gasteiger partial charge on any atom is 0.168 e. The Kier molecular flexibility index (Phi) is 3.48. The van der Waals surface area contributed by atoms with Gasteiger partial charge in [-0.25, -0.2) is 14.6 Å². The molecular formula is C18H21N5. The molecular weight excluding hydrogens is 286 g/mol. The van der Waals surface area contributed by atoms with Crippen LogP contribution in [0.15, 0.2) is 42.9 Å². The summed E-state index contributed by atoms with van der Waals surface area (Å²) in [6, 6.07) is 10.1. The van der Waals surface area contributed by atoms with Gasteiger partial charge in [0.05, 0.1) is 17.3 Å². The second-order valence-corrected chi connectivity index (χ2v) is 6.68. The maximum absolute atomic E-state index is 4.57. The molecule has 0 amide bonds. The fourth-order valence-corrected chi connectivity index (χ4v) is 3.68. The number of piperidine rings is 1. The van der Waals surface area contributed by atoms with Crippen LogP contribution >= 0.6 is 0 Å². The number of fused-ring (bicyclic) bond motifs is 1. The Morgan fingerprint density at radius 3 is 2.48 bits per heavy atom. The van der Waals surface area contributed by atoms with E-state index in [1.54, 1.807) is 6.33 Å². The number of benzene rings is 1. The average molecular weight is 307 g/mol. The Hall–Kier alpha value is -2.43. The number of aromatic nitrogens is 4. The largest absolute Gasteiger partial charge is 0.355 e. The maximum atomic E-state index is 4.57. The Morgan fingerprint density at radius 2 is 1.74 bits per heavy atom. The topological polar surface area (TPSA) is 46.8 Å². The second kappa shape index (κ2) is 5.65. The molecule has 5 nitrogen and oxygen atoms in total. The van der Waals surface area contributed by atoms with Crippen LogP contribution in [0.1, 0.15) is 20.3 Å². The van der Waals surface area contributed by atoms with Crippen molar-refractivity contribution in [2.45, 2.75) is 20.3 Å². The fourth-order valence-electron chi connectivity index (χ4n) is 3.68. The van der Waals surface area contributed by atoms with Crippen molar-refractivity contribution in [2.24, 2.45) is 11.8 Å². The van der Waals surface area contributed by atoms with Gasteiger partial charge in [-0.3, -0.25) is 0 Å². The average Bonchev–Trinajstić information content (AvgIpc) is 2.98. The zero-order chi connectivity index (χ0) is 15.8. The SMILES string of the molecule is C[C@@H]1C[C@@H](C)CN(c2ncnc3c2cnn3-c2ccccc2)C1. The lowest BCUT2D eigenvalue weighted by molar-refractivity contribution is 0.356. The van der Waals surface area contributed by atoms with Crippen LogP contribution in [0.25, 0.3) is 16.7 Å². The van der Waals surface area contributed by atoms with Crippen molar-refractivity contribution in [3.05, 3.63) is 42.9 Å². The minimum absolute atomic E-state index is 0.688. The van der Waals surface area contributed by atoms with Crippen LogP contribution in [0.5, 0.6) is 0 Å². The normalized spacial score (nSPS) is 21.7. The highest BCUT2D eigenvalue weighted by Crippen LogP contribution is 2.29. The highest BCUT2D eigenvalue weighted by Gasteiger charge is 2.25. The molecule has 1 aliphatic heterocycles. The monoisotopic (exact) mass is 307 g/mol. The summed E-state index contributed by atoms with van der Waals surface area (Å²) in [6.07, 6.45) is 4.83. The van der Waals surface area contributed by atoms with Crippen LogP contribution in [0.2, 0.25) is 0 Å². The predicted octanol–water partition coefficient (Wildman–Crippen LogP) is 3.30. The van der Waals surface area contributed by atoms with Crippen LogP contribution in [0, 0.1) is 11.8 Å². The number of anilines is 1. The van der Waals surface area contributed by atoms with E-state index in [1.165, 1.54) is 6.42 Å². The molecule has 0 radical (unpaired) electrons. The van der Waals surface area contributed by atoms with Gasteiger partial charge in [0, 0.05) is 13.1 Å². The summed E-state index contributed by atoms with van der Waals surface area (Å²) in [6.45, 7) is 6.73. The Morgan fingerprint density at radius 1 is 1.00 bits per heavy atom. The summed E-state index contributed by atoms with van der Waals surface area (Å²) >= 11 is 0. The Labute approximate surface area is 136 Å². The number of hydrogen-bond acceptors (Lipinski definition) is 4. The number of nitrogens with zero attached hydrogens (tertiary/aromatic N) is 5. The van der Waals surface area contributed by atoms with Gasteiger partial charge >= 0.3 is 0 Å². The standard InChI is InChI=1S/C18H21N5/c1-13-8-14(2)11-22(10-13)17-16-9-21-23(18(16)20-12-19-17)15-6-4-3-5-7-15/h3-7,9,12-14H,8,10-11H2,1-2H3/t13-,14-/m1/s1. The molecule has 1 fully saturated rings. The molecule has 3 heterocycles. The van der Waals surface area contributed by atoms with Gasteiger partial charge in [0.2, 0.25) is 0 Å². The molecule has 1 aromatic carbocycles. The van der Waals surface area contributed by atoms with Gasteiger partial charge in [-0.15, -0.1) is 0 Å². The van der Waals surface area contributed by atoms with E-state index < -0.39 is 0 Å². The van der Waals surface area contributed by atoms with Gasteiger partial charge in [0.1, 0.15) is 12.1 Å². The molecule has 23 heavy (non-hydrogen) atoms. The first-order valence-electron chi connectivity index (χ1n) is 8.21. The van der Waals surface area contributed by atoms with E-state index in [2.05, 4.69) is 33.8 Å². The minimum Gasteiger partial charge on any atom is -0.355 e. The molecule has 118 valence electrons. The van der Waals surface area contributed by atoms with Crippen molar-refractivity contribution in [2.75, 3.05) is 18.0 Å². The first-order chi connectivity index (χ1) is 11.2. The molecule has 0 N–H and O–H groups in total. The third-order valence-corrected chi connectivity index (χ3v) is 4.51. The summed E-state index contributed by atoms with van der Waals surface area (Å²) in [5.41, 5.74) is 1.89. The van der Waals surface area contributed by atoms with Crippen LogP contribution < -0.4 is 4.90 Å². The van der Waals surface area contributed by atoms with E-state index in [0.717, 1.165) is 35.6 Å². The molecule has 0 bridgehead atoms. The Balaban J connectivity index is 1.79. The molecule has 2 atom stereocenters. The molecule has 0 spiro atoms. The van der Waals surface area contributed by atoms with Gasteiger partial charge in [0.25, 0.3) is 0 Å². The van der Waals surface area contributed by atoms with Crippen molar-refractivity contribution in [3.63, 3.8) is 0 Å². The molecule has 3 aromatic rings. The summed E-state index contributed by atoms with van der Waals surface area (Å²) in [4.78, 5) is 11.4. The molecule has 2 aromatic heterocycles. The number of para-hydroxylation sites is 1. The second-order valence-electron chi connectivity index (χ2n) is 6.68. The Bertz CT molecular complexity index is 801. The predicted molar refractivity (Wildman–Crippen MR) is 91.8 cm³/mol. The van der Waals surface area contributed by atoms with Gasteiger partial charge in [-0.2, -0.15) is 5.10 Å². The minimum atomic E-state index is 0.688. The molecule has 0 aliphatic carbocycles. The third-order valence-electron chi connectivity index (χ3n) is 4.51. The van der Waals surface area contributed by atoms with E-state index in [1.807, 2.05) is 41.2 Å². The van der Waals surface area contributed by atoms with E-state index in [0.29, 0.717) is 11.8 Å². The van der Waals surface area contributed by atoms with Crippen molar-refractivity contribution >= 4 is 16.9 Å². The molecule has 0 unspecified atom stereocenters. The summed E-state index contributed by atoms with van der Waals surface area (Å²) < 4.78 is 1.89. The molecule has 1 aliphatic rings. The number of hydrogen-bond donors (Lipinski definition) is 0. The quantitative estimate of drug-likeness (QED) is 0.729. The lowest BCUT2D eigenvalue weighted by atomic mass is 9.92. The van der Waals surface area contributed by atoms with Crippen molar-refractivity contribution in [1.82, 2.24) is 19.7 Å². The van der Waals surface area contributed by atoms with Gasteiger partial charge in [-0.1, -0.05) is 32.0 Å². The van der Waals surface area contributed by atoms with Crippen LogP contribution in [-0.4, -0.2) is 32.8 Å². The van der Waals surface area contributed by atoms with E-state index in [9.17, 15) is 0 Å². The van der Waals surface area contributed by atoms with Crippen LogP contribution in [0.3, 0.4) is 0 Å². The summed E-state index contributed by atoms with van der Waals surface area (Å²) in [7, 11) is 0. The first-order valence-corrected chi connectivity index (χ1v) is 8.21. The van der Waals surface area contributed by atoms with E-state index in [4.69, 9.17) is 0 Å². The van der Waals surface area contributed by atoms with Crippen LogP contribution in [0.4, 0.5) is 5.82 Å². The van der Waals surface area contributed by atoms with Gasteiger partial charge in [-0.05, 0) is 30.4 Å². The zero-order valence-corrected chi connectivity index (χ0v) is 13.6. The summed E-state index contributed by atoms with van der Waals surface area (Å²) in [5, 5.41) is 5.57. The van der Waals surface area contributed by atoms with E-state index >= 15 is 0 Å². The highest BCUT2D eigenvalue weighted by atomic mass is 15.3. The summed E-state index contributed by atoms with van der Waals surface area (Å²) in [5.74, 6) is 2.39. The molecule has 0 saturated carbocycles. The van der Waals surface area contributed by atoms with Crippen molar-refractivity contribution < 1.29 is 0 Å². The smallest absolute Gasteiger partial charge is 0.168 e. The van der Waals surface area contributed by atoms with Gasteiger partial charge in [0.15, 0.2) is 5.65 Å². The van der Waals surface area contributed by atoms with Gasteiger partial charge < -0.3 is 4.90 Å². The lowest BCUT2D eigenvalue weighted by Crippen LogP contribution is -2.39. The highest BCUT2D eigenvalue weighted by molar-refractivity contribution is 5.87. The third kappa shape index (κ3) is 2.56. The lowest BCUT2D eigenvalue weighted by Gasteiger charge is -2.35. The fraction of sp³-hybridized carbons (Fsp3) is 0.389. The zero-order valence-electron chi connectivity index (χ0n) is 13.6. The van der Waals surface area contributed by atoms with Crippen molar-refractivity contribution in [3.8, 4) is 5.69 Å². The molecule has 1 saturated heterocycles.